The van der Waals surface area contributed by atoms with Crippen molar-refractivity contribution in [1.29, 1.82) is 5.26 Å². The van der Waals surface area contributed by atoms with Gasteiger partial charge >= 0.3 is 5.97 Å². The lowest BCUT2D eigenvalue weighted by Gasteiger charge is -2.19. The molecule has 4 unspecified atom stereocenters. The van der Waals surface area contributed by atoms with Gasteiger partial charge in [0.05, 0.1) is 5.92 Å². The summed E-state index contributed by atoms with van der Waals surface area (Å²) in [5.74, 6) is 0.853. The van der Waals surface area contributed by atoms with Crippen molar-refractivity contribution in [2.45, 2.75) is 46.1 Å². The van der Waals surface area contributed by atoms with Crippen LogP contribution < -0.4 is 0 Å². The van der Waals surface area contributed by atoms with Crippen LogP contribution in [0.5, 0.6) is 0 Å². The van der Waals surface area contributed by atoms with Gasteiger partial charge in [0, 0.05) is 0 Å². The lowest BCUT2D eigenvalue weighted by atomic mass is 9.90. The van der Waals surface area contributed by atoms with Gasteiger partial charge < -0.3 is 4.74 Å². The van der Waals surface area contributed by atoms with Crippen molar-refractivity contribution in [3.8, 4) is 6.07 Å². The highest BCUT2D eigenvalue weighted by atomic mass is 16.5. The minimum atomic E-state index is -0.620. The Morgan fingerprint density at radius 2 is 2.27 bits per heavy atom. The Labute approximate surface area is 91.4 Å². The van der Waals surface area contributed by atoms with Crippen LogP contribution in [0, 0.1) is 29.1 Å². The second kappa shape index (κ2) is 5.16. The smallest absolute Gasteiger partial charge is 0.310 e. The SMILES string of the molecule is CCC1CCC(C(=O)OC(C)C#N)C1C. The predicted octanol–water partition coefficient (Wildman–Crippen LogP) is 2.51. The molecule has 0 aliphatic heterocycles. The van der Waals surface area contributed by atoms with Crippen molar-refractivity contribution in [2.24, 2.45) is 17.8 Å². The highest BCUT2D eigenvalue weighted by molar-refractivity contribution is 5.73. The Morgan fingerprint density at radius 1 is 1.60 bits per heavy atom. The van der Waals surface area contributed by atoms with Crippen LogP contribution in [-0.2, 0) is 9.53 Å². The molecule has 0 amide bonds. The number of ether oxygens (including phenoxy) is 1. The fourth-order valence-corrected chi connectivity index (χ4v) is 2.44. The monoisotopic (exact) mass is 209 g/mol. The van der Waals surface area contributed by atoms with E-state index < -0.39 is 6.10 Å². The minimum absolute atomic E-state index is 0.00532. The quantitative estimate of drug-likeness (QED) is 0.671. The largest absolute Gasteiger partial charge is 0.447 e. The lowest BCUT2D eigenvalue weighted by molar-refractivity contribution is -0.152. The summed E-state index contributed by atoms with van der Waals surface area (Å²) in [5, 5.41) is 8.56. The van der Waals surface area contributed by atoms with Crippen LogP contribution in [0.25, 0.3) is 0 Å². The molecule has 0 spiro atoms. The first-order valence-electron chi connectivity index (χ1n) is 5.70. The minimum Gasteiger partial charge on any atom is -0.447 e. The fourth-order valence-electron chi connectivity index (χ4n) is 2.44. The maximum Gasteiger partial charge on any atom is 0.310 e. The molecule has 0 heterocycles. The van der Waals surface area contributed by atoms with Crippen molar-refractivity contribution in [3.05, 3.63) is 0 Å². The Bertz CT molecular complexity index is 269. The zero-order valence-electron chi connectivity index (χ0n) is 9.69. The summed E-state index contributed by atoms with van der Waals surface area (Å²) >= 11 is 0. The summed E-state index contributed by atoms with van der Waals surface area (Å²) in [6.45, 7) is 5.88. The number of esters is 1. The molecular formula is C12H19NO2. The van der Waals surface area contributed by atoms with Gasteiger partial charge in [-0.05, 0) is 31.6 Å². The molecule has 0 aromatic rings. The van der Waals surface area contributed by atoms with Crippen LogP contribution in [-0.4, -0.2) is 12.1 Å². The number of carbonyl (C=O) groups is 1. The highest BCUT2D eigenvalue weighted by Gasteiger charge is 2.37. The Hall–Kier alpha value is -1.04. The molecule has 1 aliphatic carbocycles. The molecule has 0 aromatic heterocycles. The maximum atomic E-state index is 11.7. The average Bonchev–Trinajstić information content (AvgIpc) is 2.59. The van der Waals surface area contributed by atoms with Crippen molar-refractivity contribution in [3.63, 3.8) is 0 Å². The topological polar surface area (TPSA) is 50.1 Å². The Morgan fingerprint density at radius 3 is 2.73 bits per heavy atom. The highest BCUT2D eigenvalue weighted by Crippen LogP contribution is 2.39. The van der Waals surface area contributed by atoms with E-state index in [2.05, 4.69) is 13.8 Å². The molecule has 0 bridgehead atoms. The second-order valence-electron chi connectivity index (χ2n) is 4.42. The second-order valence-corrected chi connectivity index (χ2v) is 4.42. The van der Waals surface area contributed by atoms with E-state index in [0.717, 1.165) is 19.3 Å². The van der Waals surface area contributed by atoms with Gasteiger partial charge in [-0.2, -0.15) is 5.26 Å². The molecule has 3 heteroatoms. The summed E-state index contributed by atoms with van der Waals surface area (Å²) in [6, 6.07) is 1.92. The van der Waals surface area contributed by atoms with Crippen LogP contribution >= 0.6 is 0 Å². The Balaban J connectivity index is 2.52. The number of nitrogens with zero attached hydrogens (tertiary/aromatic N) is 1. The maximum absolute atomic E-state index is 11.7. The molecular weight excluding hydrogens is 190 g/mol. The first-order chi connectivity index (χ1) is 7.10. The van der Waals surface area contributed by atoms with E-state index >= 15 is 0 Å². The third-order valence-electron chi connectivity index (χ3n) is 3.53. The molecule has 1 rings (SSSR count). The Kier molecular flexibility index (Phi) is 4.14. The number of carbonyl (C=O) groups excluding carboxylic acids is 1. The van der Waals surface area contributed by atoms with Gasteiger partial charge in [0.15, 0.2) is 6.10 Å². The normalized spacial score (nSPS) is 32.0. The third kappa shape index (κ3) is 2.71. The van der Waals surface area contributed by atoms with Crippen molar-refractivity contribution < 1.29 is 9.53 Å². The van der Waals surface area contributed by atoms with E-state index in [1.54, 1.807) is 6.92 Å². The third-order valence-corrected chi connectivity index (χ3v) is 3.53. The van der Waals surface area contributed by atoms with E-state index in [-0.39, 0.29) is 11.9 Å². The fraction of sp³-hybridized carbons (Fsp3) is 0.833. The standard InChI is InChI=1S/C12H19NO2/c1-4-10-5-6-11(9(10)3)12(14)15-8(2)7-13/h8-11H,4-6H2,1-3H3. The molecule has 0 aromatic carbocycles. The zero-order chi connectivity index (χ0) is 11.4. The molecule has 84 valence electrons. The van der Waals surface area contributed by atoms with Crippen molar-refractivity contribution in [1.82, 2.24) is 0 Å². The van der Waals surface area contributed by atoms with E-state index in [0.29, 0.717) is 11.8 Å². The van der Waals surface area contributed by atoms with Gasteiger partial charge in [0.2, 0.25) is 0 Å². The molecule has 1 aliphatic rings. The summed E-state index contributed by atoms with van der Waals surface area (Å²) in [7, 11) is 0. The van der Waals surface area contributed by atoms with Crippen LogP contribution in [0.2, 0.25) is 0 Å². The van der Waals surface area contributed by atoms with Gasteiger partial charge in [-0.3, -0.25) is 4.79 Å². The predicted molar refractivity (Wildman–Crippen MR) is 56.8 cm³/mol. The van der Waals surface area contributed by atoms with E-state index in [1.165, 1.54) is 0 Å². The van der Waals surface area contributed by atoms with Gasteiger partial charge in [0.1, 0.15) is 6.07 Å². The van der Waals surface area contributed by atoms with Crippen molar-refractivity contribution >= 4 is 5.97 Å². The molecule has 3 nitrogen and oxygen atoms in total. The van der Waals surface area contributed by atoms with Gasteiger partial charge in [-0.1, -0.05) is 20.3 Å². The van der Waals surface area contributed by atoms with Crippen LogP contribution in [0.1, 0.15) is 40.0 Å². The number of hydrogen-bond acceptors (Lipinski definition) is 3. The van der Waals surface area contributed by atoms with E-state index in [1.807, 2.05) is 6.07 Å². The van der Waals surface area contributed by atoms with Crippen LogP contribution in [0.15, 0.2) is 0 Å². The van der Waals surface area contributed by atoms with Crippen molar-refractivity contribution in [2.75, 3.05) is 0 Å². The summed E-state index contributed by atoms with van der Waals surface area (Å²) in [6.07, 6.45) is 2.53. The van der Waals surface area contributed by atoms with E-state index in [9.17, 15) is 4.79 Å². The van der Waals surface area contributed by atoms with E-state index in [4.69, 9.17) is 10.00 Å². The summed E-state index contributed by atoms with van der Waals surface area (Å²) < 4.78 is 5.05. The van der Waals surface area contributed by atoms with Gasteiger partial charge in [-0.15, -0.1) is 0 Å². The number of rotatable bonds is 3. The molecule has 0 saturated heterocycles. The van der Waals surface area contributed by atoms with Gasteiger partial charge in [-0.25, -0.2) is 0 Å². The van der Waals surface area contributed by atoms with Crippen LogP contribution in [0.4, 0.5) is 0 Å². The average molecular weight is 209 g/mol. The number of nitriles is 1. The van der Waals surface area contributed by atoms with Gasteiger partial charge in [0.25, 0.3) is 0 Å². The molecule has 4 atom stereocenters. The number of hydrogen-bond donors (Lipinski definition) is 0. The molecule has 1 saturated carbocycles. The summed E-state index contributed by atoms with van der Waals surface area (Å²) in [5.41, 5.74) is 0. The molecule has 1 fully saturated rings. The van der Waals surface area contributed by atoms with Crippen LogP contribution in [0.3, 0.4) is 0 Å². The zero-order valence-corrected chi connectivity index (χ0v) is 9.69. The summed E-state index contributed by atoms with van der Waals surface area (Å²) in [4.78, 5) is 11.7. The first-order valence-corrected chi connectivity index (χ1v) is 5.70. The lowest BCUT2D eigenvalue weighted by Crippen LogP contribution is -2.25. The molecule has 15 heavy (non-hydrogen) atoms. The molecule has 0 radical (unpaired) electrons. The molecule has 0 N–H and O–H groups in total. The first kappa shape index (κ1) is 12.0.